The number of anilines is 2. The summed E-state index contributed by atoms with van der Waals surface area (Å²) in [7, 11) is 0. The number of benzene rings is 1. The fraction of sp³-hybridized carbons (Fsp3) is 0.533. The van der Waals surface area contributed by atoms with Gasteiger partial charge in [-0.3, -0.25) is 4.79 Å². The number of amides is 1. The van der Waals surface area contributed by atoms with Gasteiger partial charge in [0.2, 0.25) is 12.7 Å². The molecule has 5 nitrogen and oxygen atoms in total. The molecule has 1 amide bonds. The van der Waals surface area contributed by atoms with Crippen molar-refractivity contribution in [2.24, 2.45) is 11.8 Å². The Labute approximate surface area is 143 Å². The number of ether oxygens (including phenoxy) is 2. The third kappa shape index (κ3) is 3.80. The number of fused-ring (bicyclic) bond motifs is 1. The van der Waals surface area contributed by atoms with E-state index < -0.39 is 23.9 Å². The van der Waals surface area contributed by atoms with E-state index in [9.17, 15) is 18.0 Å². The number of nitrogens with one attached hydrogen (secondary N) is 1. The molecule has 0 spiro atoms. The number of hydrogen-bond acceptors (Lipinski definition) is 4. The van der Waals surface area contributed by atoms with Crippen molar-refractivity contribution in [3.8, 4) is 11.5 Å². The topological polar surface area (TPSA) is 73.6 Å². The Kier molecular flexibility index (Phi) is 5.37. The van der Waals surface area contributed by atoms with E-state index in [2.05, 4.69) is 5.32 Å². The number of nitrogen functional groups attached to an aromatic ring is 1. The van der Waals surface area contributed by atoms with Gasteiger partial charge in [-0.05, 0) is 19.3 Å². The minimum Gasteiger partial charge on any atom is -0.454 e. The van der Waals surface area contributed by atoms with Gasteiger partial charge in [0.25, 0.3) is 0 Å². The number of rotatable bonds is 2. The van der Waals surface area contributed by atoms with E-state index in [-0.39, 0.29) is 37.7 Å². The van der Waals surface area contributed by atoms with Crippen LogP contribution in [0.5, 0.6) is 11.5 Å². The summed E-state index contributed by atoms with van der Waals surface area (Å²) >= 11 is 0. The van der Waals surface area contributed by atoms with Gasteiger partial charge >= 0.3 is 6.18 Å². The lowest BCUT2D eigenvalue weighted by Crippen LogP contribution is -2.34. The molecule has 1 aromatic carbocycles. The molecule has 1 aliphatic carbocycles. The van der Waals surface area contributed by atoms with Crippen molar-refractivity contribution in [2.75, 3.05) is 17.8 Å². The molecule has 1 aliphatic heterocycles. The number of hydrogen-bond donors (Lipinski definition) is 2. The van der Waals surface area contributed by atoms with E-state index in [4.69, 9.17) is 15.2 Å². The summed E-state index contributed by atoms with van der Waals surface area (Å²) in [5.74, 6) is -1.59. The van der Waals surface area contributed by atoms with Crippen LogP contribution in [-0.4, -0.2) is 18.9 Å². The highest BCUT2D eigenvalue weighted by atomic mass is 35.5. The van der Waals surface area contributed by atoms with Gasteiger partial charge < -0.3 is 20.5 Å². The molecular formula is C15H18ClF3N2O3. The molecule has 1 aromatic rings. The first-order chi connectivity index (χ1) is 10.8. The van der Waals surface area contributed by atoms with Gasteiger partial charge in [0, 0.05) is 18.1 Å². The van der Waals surface area contributed by atoms with Gasteiger partial charge in [-0.15, -0.1) is 12.4 Å². The average Bonchev–Trinajstić information content (AvgIpc) is 2.94. The van der Waals surface area contributed by atoms with Crippen molar-refractivity contribution < 1.29 is 27.4 Å². The van der Waals surface area contributed by atoms with Crippen LogP contribution in [0, 0.1) is 11.8 Å². The van der Waals surface area contributed by atoms with Gasteiger partial charge in [0.1, 0.15) is 0 Å². The van der Waals surface area contributed by atoms with E-state index in [0.29, 0.717) is 30.0 Å². The molecule has 2 atom stereocenters. The van der Waals surface area contributed by atoms with E-state index in [1.807, 2.05) is 0 Å². The van der Waals surface area contributed by atoms with Crippen molar-refractivity contribution in [3.05, 3.63) is 12.1 Å². The first-order valence-electron chi connectivity index (χ1n) is 7.41. The van der Waals surface area contributed by atoms with E-state index in [1.54, 1.807) is 0 Å². The predicted octanol–water partition coefficient (Wildman–Crippen LogP) is 3.73. The fourth-order valence-electron chi connectivity index (χ4n) is 3.03. The summed E-state index contributed by atoms with van der Waals surface area (Å²) in [6, 6.07) is 3.05. The van der Waals surface area contributed by atoms with Crippen LogP contribution in [0.3, 0.4) is 0 Å². The summed E-state index contributed by atoms with van der Waals surface area (Å²) in [6.45, 7) is 0.0715. The predicted molar refractivity (Wildman–Crippen MR) is 84.4 cm³/mol. The molecule has 0 radical (unpaired) electrons. The quantitative estimate of drug-likeness (QED) is 0.782. The molecule has 0 bridgehead atoms. The zero-order valence-corrected chi connectivity index (χ0v) is 13.5. The maximum Gasteiger partial charge on any atom is 0.391 e. The minimum absolute atomic E-state index is 0. The van der Waals surface area contributed by atoms with Gasteiger partial charge in [-0.25, -0.2) is 0 Å². The van der Waals surface area contributed by atoms with E-state index >= 15 is 0 Å². The largest absolute Gasteiger partial charge is 0.454 e. The summed E-state index contributed by atoms with van der Waals surface area (Å²) in [4.78, 5) is 12.3. The molecular weight excluding hydrogens is 349 g/mol. The number of alkyl halides is 3. The van der Waals surface area contributed by atoms with Crippen molar-refractivity contribution in [1.29, 1.82) is 0 Å². The Bertz CT molecular complexity index is 625. The number of carbonyl (C=O) groups is 1. The zero-order valence-electron chi connectivity index (χ0n) is 12.7. The van der Waals surface area contributed by atoms with Crippen LogP contribution in [0.25, 0.3) is 0 Å². The number of carbonyl (C=O) groups excluding carboxylic acids is 1. The summed E-state index contributed by atoms with van der Waals surface area (Å²) in [5, 5.41) is 2.61. The Morgan fingerprint density at radius 3 is 2.54 bits per heavy atom. The lowest BCUT2D eigenvalue weighted by Gasteiger charge is -2.29. The Morgan fingerprint density at radius 2 is 1.88 bits per heavy atom. The van der Waals surface area contributed by atoms with Gasteiger partial charge in [-0.2, -0.15) is 13.2 Å². The van der Waals surface area contributed by atoms with Crippen LogP contribution in [0.1, 0.15) is 25.7 Å². The highest BCUT2D eigenvalue weighted by Crippen LogP contribution is 2.41. The van der Waals surface area contributed by atoms with Crippen LogP contribution >= 0.6 is 12.4 Å². The minimum atomic E-state index is -4.25. The van der Waals surface area contributed by atoms with Crippen LogP contribution < -0.4 is 20.5 Å². The SMILES string of the molecule is Cl.Nc1cc2c(cc1NC(=O)C1CCCC(C(F)(F)F)C1)OCO2. The highest BCUT2D eigenvalue weighted by molar-refractivity contribution is 5.96. The first kappa shape index (κ1) is 18.5. The van der Waals surface area contributed by atoms with Crippen molar-refractivity contribution in [3.63, 3.8) is 0 Å². The zero-order chi connectivity index (χ0) is 16.6. The Balaban J connectivity index is 0.00000208. The summed E-state index contributed by atoms with van der Waals surface area (Å²) in [5.41, 5.74) is 6.45. The van der Waals surface area contributed by atoms with E-state index in [0.717, 1.165) is 0 Å². The monoisotopic (exact) mass is 366 g/mol. The van der Waals surface area contributed by atoms with Crippen LogP contribution in [-0.2, 0) is 4.79 Å². The molecule has 134 valence electrons. The number of nitrogens with two attached hydrogens (primary N) is 1. The molecule has 2 aliphatic rings. The lowest BCUT2D eigenvalue weighted by molar-refractivity contribution is -0.185. The van der Waals surface area contributed by atoms with Gasteiger partial charge in [-0.1, -0.05) is 6.42 Å². The molecule has 0 aromatic heterocycles. The number of halogens is 4. The molecule has 1 saturated carbocycles. The van der Waals surface area contributed by atoms with Crippen molar-refractivity contribution in [1.82, 2.24) is 0 Å². The second-order valence-electron chi connectivity index (χ2n) is 5.88. The van der Waals surface area contributed by atoms with Crippen LogP contribution in [0.15, 0.2) is 12.1 Å². The molecule has 9 heteroatoms. The lowest BCUT2D eigenvalue weighted by atomic mass is 9.80. The second kappa shape index (κ2) is 6.96. The molecule has 3 rings (SSSR count). The third-order valence-electron chi connectivity index (χ3n) is 4.31. The van der Waals surface area contributed by atoms with E-state index in [1.165, 1.54) is 12.1 Å². The Morgan fingerprint density at radius 1 is 1.21 bits per heavy atom. The first-order valence-corrected chi connectivity index (χ1v) is 7.41. The maximum absolute atomic E-state index is 12.8. The molecule has 1 heterocycles. The second-order valence-corrected chi connectivity index (χ2v) is 5.88. The molecule has 24 heavy (non-hydrogen) atoms. The maximum atomic E-state index is 12.8. The highest BCUT2D eigenvalue weighted by Gasteiger charge is 2.43. The van der Waals surface area contributed by atoms with Crippen LogP contribution in [0.4, 0.5) is 24.5 Å². The van der Waals surface area contributed by atoms with Gasteiger partial charge in [0.05, 0.1) is 17.3 Å². The fourth-order valence-corrected chi connectivity index (χ4v) is 3.03. The molecule has 2 unspecified atom stereocenters. The van der Waals surface area contributed by atoms with Crippen LogP contribution in [0.2, 0.25) is 0 Å². The van der Waals surface area contributed by atoms with Crippen molar-refractivity contribution in [2.45, 2.75) is 31.9 Å². The molecule has 3 N–H and O–H groups in total. The van der Waals surface area contributed by atoms with Crippen molar-refractivity contribution >= 4 is 29.7 Å². The summed E-state index contributed by atoms with van der Waals surface area (Å²) < 4.78 is 48.9. The van der Waals surface area contributed by atoms with Gasteiger partial charge in [0.15, 0.2) is 11.5 Å². The standard InChI is InChI=1S/C15H17F3N2O3.ClH/c16-15(17,18)9-3-1-2-8(4-9)14(21)20-11-6-13-12(5-10(11)19)22-7-23-13;/h5-6,8-9H,1-4,7,19H2,(H,20,21);1H. The smallest absolute Gasteiger partial charge is 0.391 e. The normalized spacial score (nSPS) is 22.6. The summed E-state index contributed by atoms with van der Waals surface area (Å²) in [6.07, 6.45) is -3.52. The molecule has 1 fully saturated rings. The molecule has 0 saturated heterocycles. The third-order valence-corrected chi connectivity index (χ3v) is 4.31. The Hall–Kier alpha value is -1.83. The average molecular weight is 367 g/mol.